The number of amides is 2. The number of carbonyl (C=O) groups is 3. The normalized spacial score (nSPS) is 13.1. The molecule has 0 spiro atoms. The summed E-state index contributed by atoms with van der Waals surface area (Å²) >= 11 is 0. The van der Waals surface area contributed by atoms with Gasteiger partial charge in [-0.25, -0.2) is 9.36 Å². The molecule has 2 atom stereocenters. The van der Waals surface area contributed by atoms with Gasteiger partial charge in [0.15, 0.2) is 5.76 Å². The highest BCUT2D eigenvalue weighted by molar-refractivity contribution is 7.50. The first-order chi connectivity index (χ1) is 19.5. The lowest BCUT2D eigenvalue weighted by Gasteiger charge is -2.23. The Hall–Kier alpha value is -4.18. The number of esters is 1. The van der Waals surface area contributed by atoms with Gasteiger partial charge >= 0.3 is 13.7 Å². The summed E-state index contributed by atoms with van der Waals surface area (Å²) in [5, 5.41) is 5.88. The second-order valence-corrected chi connectivity index (χ2v) is 11.5. The van der Waals surface area contributed by atoms with Gasteiger partial charge in [0.25, 0.3) is 5.91 Å². The van der Waals surface area contributed by atoms with E-state index in [1.165, 1.54) is 18.5 Å². The average molecular weight is 582 g/mol. The molecule has 2 aromatic carbocycles. The molecule has 0 fully saturated rings. The maximum atomic E-state index is 13.5. The number of furan rings is 1. The first-order valence-electron chi connectivity index (χ1n) is 13.0. The number of benzene rings is 2. The Morgan fingerprint density at radius 2 is 1.66 bits per heavy atom. The van der Waals surface area contributed by atoms with Crippen LogP contribution in [-0.2, 0) is 31.9 Å². The number of hydrogen-bond donors (Lipinski definition) is 4. The fraction of sp³-hybridized carbons (Fsp3) is 0.276. The topological polar surface area (TPSA) is 160 Å². The highest BCUT2D eigenvalue weighted by Crippen LogP contribution is 2.42. The summed E-state index contributed by atoms with van der Waals surface area (Å²) < 4.78 is 23.7. The van der Waals surface area contributed by atoms with E-state index in [1.807, 2.05) is 19.9 Å². The summed E-state index contributed by atoms with van der Waals surface area (Å²) in [4.78, 5) is 59.3. The first kappa shape index (κ1) is 29.8. The van der Waals surface area contributed by atoms with E-state index in [1.54, 1.807) is 54.6 Å². The molecule has 2 aromatic heterocycles. The second-order valence-electron chi connectivity index (χ2n) is 10.0. The monoisotopic (exact) mass is 581 g/mol. The molecule has 0 bridgehead atoms. The Morgan fingerprint density at radius 3 is 2.32 bits per heavy atom. The number of nitrogens with one attached hydrogen (secondary N) is 2. The van der Waals surface area contributed by atoms with Crippen LogP contribution in [0.4, 0.5) is 0 Å². The van der Waals surface area contributed by atoms with Gasteiger partial charge in [-0.15, -0.1) is 0 Å². The smallest absolute Gasteiger partial charge is 0.434 e. The van der Waals surface area contributed by atoms with Gasteiger partial charge in [0.1, 0.15) is 18.7 Å². The highest BCUT2D eigenvalue weighted by atomic mass is 31.2. The van der Waals surface area contributed by atoms with E-state index >= 15 is 0 Å². The summed E-state index contributed by atoms with van der Waals surface area (Å²) in [6.07, 6.45) is 2.79. The minimum Gasteiger partial charge on any atom is -0.459 e. The van der Waals surface area contributed by atoms with Crippen molar-refractivity contribution in [3.63, 3.8) is 0 Å². The SMILES string of the molecule is CC(C)C[C@H](NC(=O)c1ccco1)C(=O)N[C@@H](Cc1cn(P(=O)(O)O)c2ccccc12)C(=O)OCc1ccccc1. The molecule has 0 saturated carbocycles. The molecule has 41 heavy (non-hydrogen) atoms. The lowest BCUT2D eigenvalue weighted by molar-refractivity contribution is -0.149. The van der Waals surface area contributed by atoms with Crippen LogP contribution in [0.15, 0.2) is 83.6 Å². The van der Waals surface area contributed by atoms with Gasteiger partial charge in [-0.3, -0.25) is 13.9 Å². The third-order valence-corrected chi connectivity index (χ3v) is 7.27. The molecular weight excluding hydrogens is 549 g/mol. The van der Waals surface area contributed by atoms with E-state index in [9.17, 15) is 28.7 Å². The Balaban J connectivity index is 1.62. The fourth-order valence-electron chi connectivity index (χ4n) is 4.46. The van der Waals surface area contributed by atoms with Crippen molar-refractivity contribution in [3.05, 3.63) is 96.1 Å². The predicted molar refractivity (Wildman–Crippen MR) is 151 cm³/mol. The minimum absolute atomic E-state index is 0.0207. The zero-order valence-corrected chi connectivity index (χ0v) is 23.5. The van der Waals surface area contributed by atoms with Gasteiger partial charge in [0.2, 0.25) is 5.91 Å². The van der Waals surface area contributed by atoms with Crippen molar-refractivity contribution in [1.82, 2.24) is 15.0 Å². The van der Waals surface area contributed by atoms with Crippen LogP contribution in [0.1, 0.15) is 41.9 Å². The maximum Gasteiger partial charge on any atom is 0.434 e. The first-order valence-corrected chi connectivity index (χ1v) is 14.6. The molecular formula is C29H32N3O8P. The van der Waals surface area contributed by atoms with E-state index < -0.39 is 37.6 Å². The molecule has 0 saturated heterocycles. The number of rotatable bonds is 12. The van der Waals surface area contributed by atoms with E-state index in [-0.39, 0.29) is 36.6 Å². The van der Waals surface area contributed by atoms with Gasteiger partial charge in [0, 0.05) is 18.0 Å². The maximum absolute atomic E-state index is 13.5. The fourth-order valence-corrected chi connectivity index (χ4v) is 5.21. The van der Waals surface area contributed by atoms with Crippen LogP contribution in [-0.4, -0.2) is 44.0 Å². The Bertz CT molecular complexity index is 1540. The lowest BCUT2D eigenvalue weighted by Crippen LogP contribution is -2.53. The van der Waals surface area contributed by atoms with Gasteiger partial charge in [-0.2, -0.15) is 0 Å². The van der Waals surface area contributed by atoms with Gasteiger partial charge in [-0.05, 0) is 41.7 Å². The van der Waals surface area contributed by atoms with Crippen molar-refractivity contribution in [1.29, 1.82) is 0 Å². The molecule has 0 radical (unpaired) electrons. The Labute approximate surface area is 236 Å². The number of nitrogens with zero attached hydrogens (tertiary/aromatic N) is 1. The van der Waals surface area contributed by atoms with E-state index in [0.717, 1.165) is 9.90 Å². The molecule has 2 heterocycles. The van der Waals surface area contributed by atoms with Crippen molar-refractivity contribution in [2.24, 2.45) is 5.92 Å². The molecule has 0 unspecified atom stereocenters. The molecule has 4 N–H and O–H groups in total. The number of para-hydroxylation sites is 1. The van der Waals surface area contributed by atoms with Crippen LogP contribution in [0, 0.1) is 5.92 Å². The molecule has 0 aliphatic carbocycles. The van der Waals surface area contributed by atoms with Crippen LogP contribution in [0.3, 0.4) is 0 Å². The van der Waals surface area contributed by atoms with Crippen molar-refractivity contribution in [2.75, 3.05) is 0 Å². The number of carbonyl (C=O) groups excluding carboxylic acids is 3. The molecule has 2 amide bonds. The van der Waals surface area contributed by atoms with Gasteiger partial charge in [0.05, 0.1) is 11.8 Å². The van der Waals surface area contributed by atoms with E-state index in [2.05, 4.69) is 10.6 Å². The number of fused-ring (bicyclic) bond motifs is 1. The lowest BCUT2D eigenvalue weighted by atomic mass is 10.0. The summed E-state index contributed by atoms with van der Waals surface area (Å²) in [5.41, 5.74) is 1.44. The summed E-state index contributed by atoms with van der Waals surface area (Å²) in [7, 11) is -4.70. The van der Waals surface area contributed by atoms with Crippen molar-refractivity contribution in [2.45, 2.75) is 45.4 Å². The van der Waals surface area contributed by atoms with Crippen LogP contribution in [0.25, 0.3) is 10.9 Å². The third kappa shape index (κ3) is 7.73. The van der Waals surface area contributed by atoms with Crippen LogP contribution < -0.4 is 10.6 Å². The largest absolute Gasteiger partial charge is 0.459 e. The second kappa shape index (κ2) is 13.0. The molecule has 12 heteroatoms. The average Bonchev–Trinajstić information content (AvgIpc) is 3.60. The van der Waals surface area contributed by atoms with Crippen LogP contribution in [0.5, 0.6) is 0 Å². The molecule has 0 aliphatic rings. The number of aromatic nitrogens is 1. The molecule has 11 nitrogen and oxygen atoms in total. The highest BCUT2D eigenvalue weighted by Gasteiger charge is 2.31. The summed E-state index contributed by atoms with van der Waals surface area (Å²) in [6, 6.07) is 16.4. The van der Waals surface area contributed by atoms with Gasteiger partial charge in [-0.1, -0.05) is 62.4 Å². The number of ether oxygens (including phenoxy) is 1. The van der Waals surface area contributed by atoms with Crippen LogP contribution >= 0.6 is 7.75 Å². The molecule has 0 aliphatic heterocycles. The zero-order chi connectivity index (χ0) is 29.6. The predicted octanol–water partition coefficient (Wildman–Crippen LogP) is 3.79. The quantitative estimate of drug-likeness (QED) is 0.145. The Morgan fingerprint density at radius 1 is 0.951 bits per heavy atom. The number of hydrogen-bond acceptors (Lipinski definition) is 6. The molecule has 4 aromatic rings. The standard InChI is InChI=1S/C29H32N3O8P/c1-19(2)15-23(30-28(34)26-13-8-14-39-26)27(33)31-24(29(35)40-18-20-9-4-3-5-10-20)16-21-17-32(41(36,37)38)25-12-7-6-11-22(21)25/h3-14,17,19,23-24H,15-16,18H2,1-2H3,(H,30,34)(H,31,33)(H2,36,37,38)/t23-,24-/m0/s1. The third-order valence-electron chi connectivity index (χ3n) is 6.38. The van der Waals surface area contributed by atoms with E-state index in [4.69, 9.17) is 9.15 Å². The van der Waals surface area contributed by atoms with E-state index in [0.29, 0.717) is 10.9 Å². The Kier molecular flexibility index (Phi) is 9.44. The molecule has 4 rings (SSSR count). The van der Waals surface area contributed by atoms with Crippen molar-refractivity contribution < 1.29 is 37.9 Å². The van der Waals surface area contributed by atoms with Crippen molar-refractivity contribution >= 4 is 36.4 Å². The zero-order valence-electron chi connectivity index (χ0n) is 22.6. The van der Waals surface area contributed by atoms with Gasteiger partial charge < -0.3 is 29.6 Å². The summed E-state index contributed by atoms with van der Waals surface area (Å²) in [5.74, 6) is -1.87. The minimum atomic E-state index is -4.70. The summed E-state index contributed by atoms with van der Waals surface area (Å²) in [6.45, 7) is 3.74. The van der Waals surface area contributed by atoms with Crippen LogP contribution in [0.2, 0.25) is 0 Å². The van der Waals surface area contributed by atoms with Crippen molar-refractivity contribution in [3.8, 4) is 0 Å². The molecule has 216 valence electrons.